The predicted molar refractivity (Wildman–Crippen MR) is 107 cm³/mol. The lowest BCUT2D eigenvalue weighted by Crippen LogP contribution is -2.08. The second-order valence-electron chi connectivity index (χ2n) is 5.97. The summed E-state index contributed by atoms with van der Waals surface area (Å²) < 4.78 is 40.9. The van der Waals surface area contributed by atoms with Crippen LogP contribution in [0.15, 0.2) is 64.5 Å². The van der Waals surface area contributed by atoms with Gasteiger partial charge in [-0.15, -0.1) is 10.2 Å². The van der Waals surface area contributed by atoms with Gasteiger partial charge in [-0.3, -0.25) is 0 Å². The summed E-state index contributed by atoms with van der Waals surface area (Å²) in [6.45, 7) is 0.423. The predicted octanol–water partition coefficient (Wildman–Crippen LogP) is 2.95. The Hall–Kier alpha value is -3.33. The SMILES string of the molecule is COc1ccc(S(=O)(=O)c2ccc(NCc3ccc(OC)cc3OC)nn2)cc1. The Morgan fingerprint density at radius 3 is 2.10 bits per heavy atom. The third-order valence-electron chi connectivity index (χ3n) is 4.24. The molecular weight excluding hydrogens is 394 g/mol. The average Bonchev–Trinajstić information content (AvgIpc) is 2.77. The number of sulfone groups is 1. The van der Waals surface area contributed by atoms with Gasteiger partial charge in [-0.05, 0) is 48.5 Å². The Morgan fingerprint density at radius 1 is 0.828 bits per heavy atom. The fourth-order valence-electron chi connectivity index (χ4n) is 2.62. The molecule has 0 aliphatic carbocycles. The minimum atomic E-state index is -3.76. The zero-order valence-electron chi connectivity index (χ0n) is 16.2. The summed E-state index contributed by atoms with van der Waals surface area (Å²) in [6, 6.07) is 14.6. The zero-order valence-corrected chi connectivity index (χ0v) is 17.1. The van der Waals surface area contributed by atoms with Gasteiger partial charge in [0.1, 0.15) is 23.1 Å². The number of hydrogen-bond donors (Lipinski definition) is 1. The second kappa shape index (κ2) is 8.78. The first-order valence-electron chi connectivity index (χ1n) is 8.65. The van der Waals surface area contributed by atoms with Crippen LogP contribution in [-0.4, -0.2) is 39.9 Å². The highest BCUT2D eigenvalue weighted by Gasteiger charge is 2.20. The van der Waals surface area contributed by atoms with Crippen LogP contribution in [0.1, 0.15) is 5.56 Å². The Bertz CT molecular complexity index is 1070. The lowest BCUT2D eigenvalue weighted by molar-refractivity contribution is 0.391. The first-order chi connectivity index (χ1) is 14.0. The molecule has 1 heterocycles. The van der Waals surface area contributed by atoms with Crippen LogP contribution in [0.3, 0.4) is 0 Å². The van der Waals surface area contributed by atoms with Crippen molar-refractivity contribution in [2.45, 2.75) is 16.5 Å². The molecule has 0 spiro atoms. The van der Waals surface area contributed by atoms with Crippen molar-refractivity contribution in [3.8, 4) is 17.2 Å². The highest BCUT2D eigenvalue weighted by atomic mass is 32.2. The molecule has 1 aromatic heterocycles. The molecule has 0 saturated carbocycles. The molecule has 152 valence electrons. The Morgan fingerprint density at radius 2 is 1.52 bits per heavy atom. The molecule has 3 aromatic rings. The van der Waals surface area contributed by atoms with Gasteiger partial charge in [0.05, 0.1) is 26.2 Å². The van der Waals surface area contributed by atoms with E-state index in [1.54, 1.807) is 38.5 Å². The van der Waals surface area contributed by atoms with Crippen LogP contribution in [-0.2, 0) is 16.4 Å². The maximum Gasteiger partial charge on any atom is 0.225 e. The lowest BCUT2D eigenvalue weighted by Gasteiger charge is -2.11. The number of anilines is 1. The van der Waals surface area contributed by atoms with E-state index >= 15 is 0 Å². The minimum Gasteiger partial charge on any atom is -0.497 e. The number of benzene rings is 2. The van der Waals surface area contributed by atoms with Crippen molar-refractivity contribution in [1.29, 1.82) is 0 Å². The molecule has 0 radical (unpaired) electrons. The highest BCUT2D eigenvalue weighted by Crippen LogP contribution is 2.25. The van der Waals surface area contributed by atoms with Crippen molar-refractivity contribution < 1.29 is 22.6 Å². The molecule has 0 aliphatic rings. The molecule has 0 atom stereocenters. The second-order valence-corrected chi connectivity index (χ2v) is 7.86. The number of ether oxygens (including phenoxy) is 3. The van der Waals surface area contributed by atoms with Gasteiger partial charge in [0, 0.05) is 18.2 Å². The summed E-state index contributed by atoms with van der Waals surface area (Å²) in [6.07, 6.45) is 0. The number of methoxy groups -OCH3 is 3. The van der Waals surface area contributed by atoms with Crippen molar-refractivity contribution >= 4 is 15.7 Å². The summed E-state index contributed by atoms with van der Waals surface area (Å²) in [5.41, 5.74) is 0.894. The first-order valence-corrected chi connectivity index (χ1v) is 10.1. The summed E-state index contributed by atoms with van der Waals surface area (Å²) in [4.78, 5) is 0.122. The van der Waals surface area contributed by atoms with Gasteiger partial charge in [0.25, 0.3) is 0 Å². The molecular formula is C20H21N3O5S. The van der Waals surface area contributed by atoms with E-state index in [0.717, 1.165) is 5.56 Å². The minimum absolute atomic E-state index is 0.122. The van der Waals surface area contributed by atoms with E-state index < -0.39 is 9.84 Å². The van der Waals surface area contributed by atoms with Crippen LogP contribution in [0.25, 0.3) is 0 Å². The topological polar surface area (TPSA) is 99.6 Å². The van der Waals surface area contributed by atoms with Crippen molar-refractivity contribution in [3.05, 3.63) is 60.2 Å². The van der Waals surface area contributed by atoms with E-state index in [4.69, 9.17) is 14.2 Å². The highest BCUT2D eigenvalue weighted by molar-refractivity contribution is 7.91. The number of hydrogen-bond acceptors (Lipinski definition) is 8. The van der Waals surface area contributed by atoms with Crippen molar-refractivity contribution in [2.24, 2.45) is 0 Å². The van der Waals surface area contributed by atoms with E-state index in [-0.39, 0.29) is 9.92 Å². The molecule has 0 saturated heterocycles. The van der Waals surface area contributed by atoms with Crippen LogP contribution >= 0.6 is 0 Å². The van der Waals surface area contributed by atoms with E-state index in [1.165, 1.54) is 25.3 Å². The van der Waals surface area contributed by atoms with Crippen LogP contribution in [0.5, 0.6) is 17.2 Å². The molecule has 0 aliphatic heterocycles. The standard InChI is InChI=1S/C20H21N3O5S/c1-26-15-6-8-17(9-7-15)29(24,25)20-11-10-19(22-23-20)21-13-14-4-5-16(27-2)12-18(14)28-3/h4-12H,13H2,1-3H3,(H,21,22). The zero-order chi connectivity index (χ0) is 20.9. The normalized spacial score (nSPS) is 11.0. The molecule has 1 N–H and O–H groups in total. The smallest absolute Gasteiger partial charge is 0.225 e. The van der Waals surface area contributed by atoms with Gasteiger partial charge < -0.3 is 19.5 Å². The number of rotatable bonds is 8. The van der Waals surface area contributed by atoms with Crippen LogP contribution in [0.2, 0.25) is 0 Å². The summed E-state index contributed by atoms with van der Waals surface area (Å²) >= 11 is 0. The third-order valence-corrected chi connectivity index (χ3v) is 5.90. The van der Waals surface area contributed by atoms with Crippen molar-refractivity contribution in [2.75, 3.05) is 26.6 Å². The number of aromatic nitrogens is 2. The van der Waals surface area contributed by atoms with Crippen LogP contribution < -0.4 is 19.5 Å². The summed E-state index contributed by atoms with van der Waals surface area (Å²) in [5, 5.41) is 10.8. The van der Waals surface area contributed by atoms with Gasteiger partial charge in [0.15, 0.2) is 5.03 Å². The molecule has 2 aromatic carbocycles. The fraction of sp³-hybridized carbons (Fsp3) is 0.200. The third kappa shape index (κ3) is 4.57. The van der Waals surface area contributed by atoms with Gasteiger partial charge in [-0.1, -0.05) is 0 Å². The molecule has 3 rings (SSSR count). The molecule has 29 heavy (non-hydrogen) atoms. The first kappa shape index (κ1) is 20.4. The van der Waals surface area contributed by atoms with E-state index in [0.29, 0.717) is 29.6 Å². The van der Waals surface area contributed by atoms with Crippen LogP contribution in [0.4, 0.5) is 5.82 Å². The molecule has 0 bridgehead atoms. The van der Waals surface area contributed by atoms with Gasteiger partial charge in [-0.25, -0.2) is 8.42 Å². The quantitative estimate of drug-likeness (QED) is 0.599. The van der Waals surface area contributed by atoms with Gasteiger partial charge in [-0.2, -0.15) is 0 Å². The summed E-state index contributed by atoms with van der Waals surface area (Å²) in [5.74, 6) is 2.38. The molecule has 9 heteroatoms. The molecule has 8 nitrogen and oxygen atoms in total. The average molecular weight is 415 g/mol. The Labute approximate surface area is 169 Å². The Kier molecular flexibility index (Phi) is 6.18. The largest absolute Gasteiger partial charge is 0.497 e. The molecule has 0 unspecified atom stereocenters. The van der Waals surface area contributed by atoms with E-state index in [2.05, 4.69) is 15.5 Å². The summed E-state index contributed by atoms with van der Waals surface area (Å²) in [7, 11) is 0.926. The number of nitrogens with one attached hydrogen (secondary N) is 1. The monoisotopic (exact) mass is 415 g/mol. The Balaban J connectivity index is 1.73. The van der Waals surface area contributed by atoms with E-state index in [1.807, 2.05) is 12.1 Å². The molecule has 0 amide bonds. The maximum absolute atomic E-state index is 12.7. The fourth-order valence-corrected chi connectivity index (χ4v) is 3.75. The van der Waals surface area contributed by atoms with Gasteiger partial charge >= 0.3 is 0 Å². The molecule has 0 fully saturated rings. The van der Waals surface area contributed by atoms with Crippen molar-refractivity contribution in [3.63, 3.8) is 0 Å². The van der Waals surface area contributed by atoms with Crippen molar-refractivity contribution in [1.82, 2.24) is 10.2 Å². The maximum atomic E-state index is 12.7. The van der Waals surface area contributed by atoms with E-state index in [9.17, 15) is 8.42 Å². The lowest BCUT2D eigenvalue weighted by atomic mass is 10.2. The van der Waals surface area contributed by atoms with Crippen LogP contribution in [0, 0.1) is 0 Å². The number of nitrogens with zero attached hydrogens (tertiary/aromatic N) is 2. The van der Waals surface area contributed by atoms with Gasteiger partial charge in [0.2, 0.25) is 9.84 Å².